The smallest absolute Gasteiger partial charge is 0.354 e. The van der Waals surface area contributed by atoms with E-state index in [1.54, 1.807) is 30.3 Å². The Hall–Kier alpha value is -3.22. The lowest BCUT2D eigenvalue weighted by Crippen LogP contribution is -2.46. The molecular formula is C22H19NO5. The molecule has 6 nitrogen and oxygen atoms in total. The molecule has 0 spiro atoms. The second-order valence-electron chi connectivity index (χ2n) is 6.41. The Morgan fingerprint density at radius 2 is 1.75 bits per heavy atom. The van der Waals surface area contributed by atoms with Gasteiger partial charge in [-0.1, -0.05) is 60.7 Å². The van der Waals surface area contributed by atoms with Gasteiger partial charge in [-0.3, -0.25) is 4.79 Å². The Morgan fingerprint density at radius 1 is 1.04 bits per heavy atom. The number of carbonyl (C=O) groups is 2. The molecule has 2 heterocycles. The monoisotopic (exact) mass is 377 g/mol. The van der Waals surface area contributed by atoms with E-state index in [4.69, 9.17) is 14.2 Å². The number of carbonyl (C=O) groups excluding carboxylic acids is 2. The second-order valence-corrected chi connectivity index (χ2v) is 6.41. The lowest BCUT2D eigenvalue weighted by Gasteiger charge is -2.37. The third-order valence-electron chi connectivity index (χ3n) is 4.47. The number of allylic oxidation sites excluding steroid dienone is 1. The molecule has 0 saturated carbocycles. The Morgan fingerprint density at radius 3 is 2.50 bits per heavy atom. The average Bonchev–Trinajstić information content (AvgIpc) is 2.75. The van der Waals surface area contributed by atoms with Crippen LogP contribution in [0, 0.1) is 0 Å². The topological polar surface area (TPSA) is 73.9 Å². The normalized spacial score (nSPS) is 24.2. The molecule has 2 aromatic carbocycles. The van der Waals surface area contributed by atoms with E-state index >= 15 is 0 Å². The zero-order valence-electron chi connectivity index (χ0n) is 15.0. The summed E-state index contributed by atoms with van der Waals surface area (Å²) in [4.78, 5) is 24.3. The number of benzene rings is 2. The molecule has 0 radical (unpaired) electrons. The van der Waals surface area contributed by atoms with Gasteiger partial charge in [0, 0.05) is 23.4 Å². The molecule has 2 aromatic rings. The van der Waals surface area contributed by atoms with Crippen molar-refractivity contribution in [2.45, 2.75) is 18.5 Å². The first-order chi connectivity index (χ1) is 13.7. The van der Waals surface area contributed by atoms with Crippen LogP contribution >= 0.6 is 0 Å². The van der Waals surface area contributed by atoms with Gasteiger partial charge in [0.15, 0.2) is 18.2 Å². The molecule has 28 heavy (non-hydrogen) atoms. The van der Waals surface area contributed by atoms with E-state index < -0.39 is 24.5 Å². The van der Waals surface area contributed by atoms with Crippen LogP contribution in [0.5, 0.6) is 0 Å². The largest absolute Gasteiger partial charge is 0.452 e. The van der Waals surface area contributed by atoms with Crippen molar-refractivity contribution in [3.8, 4) is 0 Å². The Labute approximate surface area is 162 Å². The molecule has 2 aliphatic rings. The number of hydrogen-bond donors (Lipinski definition) is 1. The van der Waals surface area contributed by atoms with Gasteiger partial charge < -0.3 is 19.5 Å². The first kappa shape index (κ1) is 18.2. The Bertz CT molecular complexity index is 907. The predicted octanol–water partition coefficient (Wildman–Crippen LogP) is 2.90. The number of nitrogens with one attached hydrogen (secondary N) is 1. The molecule has 1 saturated heterocycles. The fourth-order valence-electron chi connectivity index (χ4n) is 3.03. The maximum atomic E-state index is 12.2. The van der Waals surface area contributed by atoms with Crippen LogP contribution in [0.25, 0.3) is 0 Å². The summed E-state index contributed by atoms with van der Waals surface area (Å²) in [7, 11) is 0. The molecule has 0 bridgehead atoms. The molecule has 0 amide bonds. The molecule has 1 fully saturated rings. The van der Waals surface area contributed by atoms with Crippen molar-refractivity contribution in [3.63, 3.8) is 0 Å². The highest BCUT2D eigenvalue weighted by molar-refractivity contribution is 6.04. The summed E-state index contributed by atoms with van der Waals surface area (Å²) in [5.41, 5.74) is 1.69. The van der Waals surface area contributed by atoms with Crippen LogP contribution in [0.4, 0.5) is 0 Å². The molecule has 6 heteroatoms. The molecule has 3 unspecified atom stereocenters. The van der Waals surface area contributed by atoms with Gasteiger partial charge in [0.25, 0.3) is 0 Å². The standard InChI is InChI=1S/C22H19NO5/c24-18(15-7-3-1-4-8-15)11-12-23-17-13-19-20(27-21(17)25)14-26-22(28-19)16-9-5-2-6-10-16/h1-13,19-20,22-23H,14H2/b12-11-. The molecule has 1 N–H and O–H groups in total. The zero-order valence-corrected chi connectivity index (χ0v) is 15.0. The average molecular weight is 377 g/mol. The van der Waals surface area contributed by atoms with Gasteiger partial charge in [-0.25, -0.2) is 4.79 Å². The third-order valence-corrected chi connectivity index (χ3v) is 4.47. The van der Waals surface area contributed by atoms with Crippen LogP contribution in [0.3, 0.4) is 0 Å². The van der Waals surface area contributed by atoms with Gasteiger partial charge in [-0.2, -0.15) is 0 Å². The SMILES string of the molecule is O=C1OC2COC(c3ccccc3)OC2C=C1N/C=C\C(=O)c1ccccc1. The number of fused-ring (bicyclic) bond motifs is 1. The first-order valence-corrected chi connectivity index (χ1v) is 8.98. The minimum Gasteiger partial charge on any atom is -0.452 e. The summed E-state index contributed by atoms with van der Waals surface area (Å²) in [5.74, 6) is -0.675. The summed E-state index contributed by atoms with van der Waals surface area (Å²) >= 11 is 0. The lowest BCUT2D eigenvalue weighted by atomic mass is 10.1. The lowest BCUT2D eigenvalue weighted by molar-refractivity contribution is -0.252. The van der Waals surface area contributed by atoms with Crippen molar-refractivity contribution in [3.05, 3.63) is 95.8 Å². The summed E-state index contributed by atoms with van der Waals surface area (Å²) in [6.45, 7) is 0.252. The van der Waals surface area contributed by atoms with Crippen LogP contribution in [0.2, 0.25) is 0 Å². The van der Waals surface area contributed by atoms with Crippen LogP contribution in [-0.2, 0) is 19.0 Å². The van der Waals surface area contributed by atoms with Gasteiger partial charge in [0.1, 0.15) is 11.8 Å². The molecule has 4 rings (SSSR count). The third kappa shape index (κ3) is 4.03. The Kier molecular flexibility index (Phi) is 5.32. The fraction of sp³-hybridized carbons (Fsp3) is 0.182. The first-order valence-electron chi connectivity index (χ1n) is 8.98. The molecular weight excluding hydrogens is 358 g/mol. The minimum atomic E-state index is -0.521. The van der Waals surface area contributed by atoms with Gasteiger partial charge in [0.05, 0.1) is 6.61 Å². The number of rotatable bonds is 5. The van der Waals surface area contributed by atoms with Crippen molar-refractivity contribution >= 4 is 11.8 Å². The summed E-state index contributed by atoms with van der Waals surface area (Å²) < 4.78 is 17.0. The van der Waals surface area contributed by atoms with Crippen molar-refractivity contribution < 1.29 is 23.8 Å². The summed E-state index contributed by atoms with van der Waals surface area (Å²) in [6, 6.07) is 18.5. The maximum Gasteiger partial charge on any atom is 0.354 e. The molecule has 2 aliphatic heterocycles. The van der Waals surface area contributed by atoms with E-state index in [2.05, 4.69) is 5.32 Å². The van der Waals surface area contributed by atoms with Crippen LogP contribution in [0.1, 0.15) is 22.2 Å². The Balaban J connectivity index is 1.43. The second kappa shape index (κ2) is 8.21. The quantitative estimate of drug-likeness (QED) is 0.491. The van der Waals surface area contributed by atoms with Gasteiger partial charge in [0.2, 0.25) is 0 Å². The maximum absolute atomic E-state index is 12.2. The van der Waals surface area contributed by atoms with Crippen molar-refractivity contribution in [1.82, 2.24) is 5.32 Å². The molecule has 3 atom stereocenters. The molecule has 142 valence electrons. The molecule has 0 aromatic heterocycles. The van der Waals surface area contributed by atoms with Crippen LogP contribution in [0.15, 0.2) is 84.7 Å². The number of esters is 1. The fourth-order valence-corrected chi connectivity index (χ4v) is 3.03. The van der Waals surface area contributed by atoms with Gasteiger partial charge in [-0.05, 0) is 6.08 Å². The predicted molar refractivity (Wildman–Crippen MR) is 101 cm³/mol. The van der Waals surface area contributed by atoms with E-state index in [0.29, 0.717) is 5.56 Å². The number of ketones is 1. The van der Waals surface area contributed by atoms with E-state index in [1.807, 2.05) is 36.4 Å². The zero-order chi connectivity index (χ0) is 19.3. The van der Waals surface area contributed by atoms with Crippen molar-refractivity contribution in [2.24, 2.45) is 0 Å². The molecule has 0 aliphatic carbocycles. The summed E-state index contributed by atoms with van der Waals surface area (Å²) in [6.07, 6.45) is 3.02. The van der Waals surface area contributed by atoms with E-state index in [1.165, 1.54) is 12.3 Å². The highest BCUT2D eigenvalue weighted by Gasteiger charge is 2.38. The highest BCUT2D eigenvalue weighted by atomic mass is 16.7. The minimum absolute atomic E-state index is 0.165. The van der Waals surface area contributed by atoms with Crippen LogP contribution in [-0.4, -0.2) is 30.6 Å². The van der Waals surface area contributed by atoms with Crippen LogP contribution < -0.4 is 5.32 Å². The number of ether oxygens (including phenoxy) is 3. The summed E-state index contributed by atoms with van der Waals surface area (Å²) in [5, 5.41) is 2.82. The van der Waals surface area contributed by atoms with E-state index in [-0.39, 0.29) is 18.1 Å². The van der Waals surface area contributed by atoms with Crippen molar-refractivity contribution in [1.29, 1.82) is 0 Å². The van der Waals surface area contributed by atoms with Gasteiger partial charge in [-0.15, -0.1) is 0 Å². The highest BCUT2D eigenvalue weighted by Crippen LogP contribution is 2.30. The van der Waals surface area contributed by atoms with E-state index in [0.717, 1.165) is 5.56 Å². The number of hydrogen-bond acceptors (Lipinski definition) is 6. The van der Waals surface area contributed by atoms with E-state index in [9.17, 15) is 9.59 Å². The van der Waals surface area contributed by atoms with Gasteiger partial charge >= 0.3 is 5.97 Å². The van der Waals surface area contributed by atoms with Crippen molar-refractivity contribution in [2.75, 3.05) is 6.61 Å².